The van der Waals surface area contributed by atoms with Crippen LogP contribution in [-0.4, -0.2) is 67.2 Å². The van der Waals surface area contributed by atoms with Crippen LogP contribution in [0.4, 0.5) is 10.1 Å². The molecule has 3 N–H and O–H groups in total. The SMILES string of the molecule is Cc1cncc(-c2cnc3n[nH]c(-c4nc5nccc(-c6cc(F)cc(NCCN(C)C)c6)c5[nH]4)c3c2)c1. The zero-order valence-electron chi connectivity index (χ0n) is 21.2. The molecule has 0 unspecified atom stereocenters. The van der Waals surface area contributed by atoms with E-state index in [2.05, 4.69) is 46.4 Å². The molecule has 6 rings (SSSR count). The molecule has 38 heavy (non-hydrogen) atoms. The van der Waals surface area contributed by atoms with Gasteiger partial charge < -0.3 is 15.2 Å². The fraction of sp³-hybridized carbons (Fsp3) is 0.179. The molecule has 0 saturated heterocycles. The topological polar surface area (TPSA) is 111 Å². The summed E-state index contributed by atoms with van der Waals surface area (Å²) in [5.74, 6) is 0.257. The number of aryl methyl sites for hydroxylation is 1. The molecular formula is C28H26FN9. The number of H-pyrrole nitrogens is 2. The van der Waals surface area contributed by atoms with E-state index in [0.717, 1.165) is 45.4 Å². The minimum Gasteiger partial charge on any atom is -0.384 e. The fourth-order valence-corrected chi connectivity index (χ4v) is 4.49. The van der Waals surface area contributed by atoms with Crippen LogP contribution in [0.25, 0.3) is 56.0 Å². The quantitative estimate of drug-likeness (QED) is 0.277. The summed E-state index contributed by atoms with van der Waals surface area (Å²) in [5, 5.41) is 11.6. The number of anilines is 1. The highest BCUT2D eigenvalue weighted by Gasteiger charge is 2.17. The van der Waals surface area contributed by atoms with E-state index in [1.54, 1.807) is 12.4 Å². The fourth-order valence-electron chi connectivity index (χ4n) is 4.49. The van der Waals surface area contributed by atoms with Crippen molar-refractivity contribution in [2.75, 3.05) is 32.5 Å². The first-order valence-electron chi connectivity index (χ1n) is 12.3. The van der Waals surface area contributed by atoms with Crippen LogP contribution >= 0.6 is 0 Å². The smallest absolute Gasteiger partial charge is 0.181 e. The lowest BCUT2D eigenvalue weighted by molar-refractivity contribution is 0.425. The summed E-state index contributed by atoms with van der Waals surface area (Å²) < 4.78 is 14.6. The number of nitrogens with one attached hydrogen (secondary N) is 3. The van der Waals surface area contributed by atoms with E-state index in [1.807, 2.05) is 51.6 Å². The lowest BCUT2D eigenvalue weighted by Crippen LogP contribution is -2.20. The van der Waals surface area contributed by atoms with Crippen molar-refractivity contribution in [3.63, 3.8) is 0 Å². The van der Waals surface area contributed by atoms with Gasteiger partial charge in [0.1, 0.15) is 11.5 Å². The van der Waals surface area contributed by atoms with Gasteiger partial charge in [-0.1, -0.05) is 0 Å². The van der Waals surface area contributed by atoms with E-state index in [9.17, 15) is 4.39 Å². The number of benzene rings is 1. The third-order valence-electron chi connectivity index (χ3n) is 6.34. The minimum absolute atomic E-state index is 0.316. The van der Waals surface area contributed by atoms with E-state index >= 15 is 0 Å². The molecule has 0 aliphatic carbocycles. The van der Waals surface area contributed by atoms with Gasteiger partial charge in [-0.2, -0.15) is 5.10 Å². The van der Waals surface area contributed by atoms with Gasteiger partial charge in [-0.05, 0) is 68.5 Å². The summed E-state index contributed by atoms with van der Waals surface area (Å²) in [6, 6.07) is 10.9. The molecule has 0 spiro atoms. The summed E-state index contributed by atoms with van der Waals surface area (Å²) in [6.07, 6.45) is 7.10. The van der Waals surface area contributed by atoms with E-state index < -0.39 is 0 Å². The maximum absolute atomic E-state index is 14.6. The molecule has 0 aliphatic rings. The van der Waals surface area contributed by atoms with Crippen LogP contribution in [-0.2, 0) is 0 Å². The maximum Gasteiger partial charge on any atom is 0.181 e. The Morgan fingerprint density at radius 1 is 0.947 bits per heavy atom. The van der Waals surface area contributed by atoms with E-state index in [0.29, 0.717) is 34.9 Å². The summed E-state index contributed by atoms with van der Waals surface area (Å²) >= 11 is 0. The Kier molecular flexibility index (Phi) is 6.01. The Bertz CT molecular complexity index is 1770. The number of nitrogens with zero attached hydrogens (tertiary/aromatic N) is 6. The second kappa shape index (κ2) is 9.64. The zero-order valence-corrected chi connectivity index (χ0v) is 21.2. The summed E-state index contributed by atoms with van der Waals surface area (Å²) in [4.78, 5) is 23.5. The van der Waals surface area contributed by atoms with Crippen LogP contribution in [0.2, 0.25) is 0 Å². The predicted molar refractivity (Wildman–Crippen MR) is 147 cm³/mol. The molecule has 0 amide bonds. The summed E-state index contributed by atoms with van der Waals surface area (Å²) in [7, 11) is 4.00. The first kappa shape index (κ1) is 23.7. The lowest BCUT2D eigenvalue weighted by atomic mass is 10.0. The Hall–Kier alpha value is -4.70. The molecular weight excluding hydrogens is 481 g/mol. The molecule has 10 heteroatoms. The standard InChI is InChI=1S/C28H26FN9/c1-16-8-18(14-30-13-16)19-11-23-25(36-37-26(23)33-15-19)28-34-24-22(4-5-32-27(24)35-28)17-9-20(29)12-21(10-17)31-6-7-38(2)3/h4-5,8-15,31H,6-7H2,1-3H3,(H,32,34,35)(H,33,36,37). The molecule has 0 atom stereocenters. The monoisotopic (exact) mass is 507 g/mol. The van der Waals surface area contributed by atoms with Crippen LogP contribution in [0, 0.1) is 12.7 Å². The van der Waals surface area contributed by atoms with Crippen LogP contribution in [0.5, 0.6) is 0 Å². The first-order valence-corrected chi connectivity index (χ1v) is 12.3. The number of fused-ring (bicyclic) bond motifs is 2. The van der Waals surface area contributed by atoms with Gasteiger partial charge in [-0.3, -0.25) is 10.1 Å². The number of hydrogen-bond acceptors (Lipinski definition) is 7. The molecule has 0 saturated carbocycles. The number of rotatable bonds is 7. The molecule has 0 radical (unpaired) electrons. The Labute approximate surface area is 218 Å². The van der Waals surface area contributed by atoms with E-state index in [1.165, 1.54) is 12.1 Å². The van der Waals surface area contributed by atoms with Crippen molar-refractivity contribution in [2.45, 2.75) is 6.92 Å². The van der Waals surface area contributed by atoms with Crippen molar-refractivity contribution < 1.29 is 4.39 Å². The average Bonchev–Trinajstić information content (AvgIpc) is 3.51. The number of aromatic nitrogens is 7. The second-order valence-corrected chi connectivity index (χ2v) is 9.55. The molecule has 5 aromatic heterocycles. The van der Waals surface area contributed by atoms with Gasteiger partial charge in [0.05, 0.1) is 10.9 Å². The molecule has 6 aromatic rings. The minimum atomic E-state index is -0.316. The number of likely N-dealkylation sites (N-methyl/N-ethyl adjacent to an activating group) is 1. The van der Waals surface area contributed by atoms with Crippen molar-refractivity contribution in [3.05, 3.63) is 72.6 Å². The van der Waals surface area contributed by atoms with Crippen LogP contribution < -0.4 is 5.32 Å². The Morgan fingerprint density at radius 2 is 1.82 bits per heavy atom. The van der Waals surface area contributed by atoms with E-state index in [4.69, 9.17) is 4.98 Å². The predicted octanol–water partition coefficient (Wildman–Crippen LogP) is 5.05. The Balaban J connectivity index is 1.40. The van der Waals surface area contributed by atoms with Crippen molar-refractivity contribution in [3.8, 4) is 33.8 Å². The third-order valence-corrected chi connectivity index (χ3v) is 6.34. The van der Waals surface area contributed by atoms with Crippen molar-refractivity contribution in [2.24, 2.45) is 0 Å². The number of pyridine rings is 3. The average molecular weight is 508 g/mol. The van der Waals surface area contributed by atoms with Crippen molar-refractivity contribution >= 4 is 27.9 Å². The van der Waals surface area contributed by atoms with Gasteiger partial charge in [-0.15, -0.1) is 0 Å². The van der Waals surface area contributed by atoms with Gasteiger partial charge >= 0.3 is 0 Å². The lowest BCUT2D eigenvalue weighted by Gasteiger charge is -2.13. The largest absolute Gasteiger partial charge is 0.384 e. The van der Waals surface area contributed by atoms with E-state index in [-0.39, 0.29) is 5.82 Å². The molecule has 5 heterocycles. The van der Waals surface area contributed by atoms with Crippen molar-refractivity contribution in [1.82, 2.24) is 40.0 Å². The number of hydrogen-bond donors (Lipinski definition) is 3. The van der Waals surface area contributed by atoms with Gasteiger partial charge in [0.25, 0.3) is 0 Å². The van der Waals surface area contributed by atoms with Crippen LogP contribution in [0.15, 0.2) is 61.2 Å². The molecule has 0 bridgehead atoms. The Morgan fingerprint density at radius 3 is 2.66 bits per heavy atom. The van der Waals surface area contributed by atoms with Crippen LogP contribution in [0.1, 0.15) is 5.56 Å². The summed E-state index contributed by atoms with van der Waals surface area (Å²) in [5.41, 5.74) is 7.74. The van der Waals surface area contributed by atoms with Crippen molar-refractivity contribution in [1.29, 1.82) is 0 Å². The highest BCUT2D eigenvalue weighted by molar-refractivity contribution is 5.96. The third kappa shape index (κ3) is 4.57. The molecule has 190 valence electrons. The molecule has 9 nitrogen and oxygen atoms in total. The van der Waals surface area contributed by atoms with Gasteiger partial charge in [-0.25, -0.2) is 19.3 Å². The van der Waals surface area contributed by atoms with Crippen LogP contribution in [0.3, 0.4) is 0 Å². The van der Waals surface area contributed by atoms with Gasteiger partial charge in [0, 0.05) is 60.3 Å². The molecule has 1 aromatic carbocycles. The molecule has 0 fully saturated rings. The normalized spacial score (nSPS) is 11.6. The van der Waals surface area contributed by atoms with Gasteiger partial charge in [0.2, 0.25) is 0 Å². The zero-order chi connectivity index (χ0) is 26.2. The first-order chi connectivity index (χ1) is 18.4. The van der Waals surface area contributed by atoms with Gasteiger partial charge in [0.15, 0.2) is 17.1 Å². The second-order valence-electron chi connectivity index (χ2n) is 9.55. The maximum atomic E-state index is 14.6. The summed E-state index contributed by atoms with van der Waals surface area (Å²) in [6.45, 7) is 3.55. The molecule has 0 aliphatic heterocycles. The highest BCUT2D eigenvalue weighted by Crippen LogP contribution is 2.33. The number of aromatic amines is 2. The number of halogens is 1. The number of imidazole rings is 1. The highest BCUT2D eigenvalue weighted by atomic mass is 19.1.